The molecule has 1 N–H and O–H groups in total. The topological polar surface area (TPSA) is 29.1 Å². The Morgan fingerprint density at radius 1 is 1.36 bits per heavy atom. The average molecular weight is 195 g/mol. The second kappa shape index (κ2) is 3.85. The molecule has 0 amide bonds. The van der Waals surface area contributed by atoms with Crippen molar-refractivity contribution in [1.82, 2.24) is 5.32 Å². The molecular formula is C12H21NO. The predicted molar refractivity (Wildman–Crippen MR) is 59.2 cm³/mol. The van der Waals surface area contributed by atoms with Crippen molar-refractivity contribution in [2.45, 2.75) is 45.1 Å². The summed E-state index contributed by atoms with van der Waals surface area (Å²) < 4.78 is 0. The molecule has 0 bridgehead atoms. The van der Waals surface area contributed by atoms with Gasteiger partial charge in [-0.3, -0.25) is 4.79 Å². The number of carbonyl (C=O) groups excluding carboxylic acids is 1. The van der Waals surface area contributed by atoms with Crippen LogP contribution in [0.2, 0.25) is 0 Å². The number of ketones is 1. The molecule has 14 heavy (non-hydrogen) atoms. The molecule has 1 aliphatic heterocycles. The molecule has 0 unspecified atom stereocenters. The first kappa shape index (κ1) is 11.4. The maximum absolute atomic E-state index is 11.4. The van der Waals surface area contributed by atoms with Crippen molar-refractivity contribution in [3.8, 4) is 0 Å². The third-order valence-electron chi connectivity index (χ3n) is 3.74. The molecule has 2 rings (SSSR count). The van der Waals surface area contributed by atoms with Crippen LogP contribution in [0.5, 0.6) is 0 Å². The average Bonchev–Trinajstić information content (AvgIpc) is 2.48. The molecule has 0 aromatic carbocycles. The van der Waals surface area contributed by atoms with Crippen LogP contribution in [0, 0.1) is 5.41 Å². The van der Waals surface area contributed by atoms with Gasteiger partial charge in [-0.05, 0) is 32.6 Å². The van der Waals surface area contributed by atoms with Crippen LogP contribution in [0.15, 0.2) is 13.2 Å². The van der Waals surface area contributed by atoms with Gasteiger partial charge in [0, 0.05) is 17.5 Å². The molecule has 0 aromatic rings. The SMILES string of the molecule is C=C.CC(=O)[C@]1(C)CNC2(CCC2)C1. The van der Waals surface area contributed by atoms with E-state index in [1.54, 1.807) is 6.92 Å². The van der Waals surface area contributed by atoms with Gasteiger partial charge >= 0.3 is 0 Å². The highest BCUT2D eigenvalue weighted by Crippen LogP contribution is 2.46. The number of rotatable bonds is 1. The van der Waals surface area contributed by atoms with E-state index in [4.69, 9.17) is 0 Å². The first-order valence-electron chi connectivity index (χ1n) is 5.33. The highest BCUT2D eigenvalue weighted by atomic mass is 16.1. The van der Waals surface area contributed by atoms with Crippen LogP contribution in [0.1, 0.15) is 39.5 Å². The minimum absolute atomic E-state index is 0.0690. The summed E-state index contributed by atoms with van der Waals surface area (Å²) in [5.74, 6) is 0.346. The normalized spacial score (nSPS) is 33.0. The Bertz CT molecular complexity index is 232. The van der Waals surface area contributed by atoms with Gasteiger partial charge in [0.2, 0.25) is 0 Å². The zero-order chi connectivity index (χ0) is 10.8. The molecule has 0 aromatic heterocycles. The van der Waals surface area contributed by atoms with Crippen molar-refractivity contribution < 1.29 is 4.79 Å². The van der Waals surface area contributed by atoms with Crippen molar-refractivity contribution in [3.05, 3.63) is 13.2 Å². The van der Waals surface area contributed by atoms with E-state index in [2.05, 4.69) is 25.4 Å². The van der Waals surface area contributed by atoms with E-state index in [0.29, 0.717) is 11.3 Å². The van der Waals surface area contributed by atoms with E-state index in [1.165, 1.54) is 19.3 Å². The summed E-state index contributed by atoms with van der Waals surface area (Å²) in [7, 11) is 0. The lowest BCUT2D eigenvalue weighted by atomic mass is 9.70. The second-order valence-electron chi connectivity index (χ2n) is 4.78. The molecule has 2 fully saturated rings. The van der Waals surface area contributed by atoms with Gasteiger partial charge in [-0.2, -0.15) is 0 Å². The van der Waals surface area contributed by atoms with E-state index in [9.17, 15) is 4.79 Å². The summed E-state index contributed by atoms with van der Waals surface area (Å²) in [6.07, 6.45) is 4.95. The zero-order valence-corrected chi connectivity index (χ0v) is 9.36. The van der Waals surface area contributed by atoms with Crippen molar-refractivity contribution in [2.24, 2.45) is 5.41 Å². The van der Waals surface area contributed by atoms with E-state index < -0.39 is 0 Å². The minimum Gasteiger partial charge on any atom is -0.310 e. The molecule has 1 aliphatic carbocycles. The van der Waals surface area contributed by atoms with Crippen molar-refractivity contribution in [3.63, 3.8) is 0 Å². The van der Waals surface area contributed by atoms with Crippen molar-refractivity contribution in [1.29, 1.82) is 0 Å². The Hall–Kier alpha value is -0.630. The van der Waals surface area contributed by atoms with Gasteiger partial charge in [-0.15, -0.1) is 13.2 Å². The lowest BCUT2D eigenvalue weighted by molar-refractivity contribution is -0.125. The standard InChI is InChI=1S/C10H17NO.C2H4/c1-8(12)9(2)6-10(11-7-9)4-3-5-10;1-2/h11H,3-7H2,1-2H3;1-2H2/t9-;/m0./s1. The van der Waals surface area contributed by atoms with Gasteiger partial charge in [0.1, 0.15) is 5.78 Å². The molecule has 1 saturated carbocycles. The van der Waals surface area contributed by atoms with Gasteiger partial charge in [-0.25, -0.2) is 0 Å². The van der Waals surface area contributed by atoms with Gasteiger partial charge < -0.3 is 5.32 Å². The molecule has 2 heteroatoms. The maximum atomic E-state index is 11.4. The third-order valence-corrected chi connectivity index (χ3v) is 3.74. The van der Waals surface area contributed by atoms with Gasteiger partial charge in [-0.1, -0.05) is 6.92 Å². The summed E-state index contributed by atoms with van der Waals surface area (Å²) in [4.78, 5) is 11.4. The summed E-state index contributed by atoms with van der Waals surface area (Å²) in [5, 5.41) is 3.52. The highest BCUT2D eigenvalue weighted by molar-refractivity contribution is 5.82. The van der Waals surface area contributed by atoms with Crippen LogP contribution in [0.4, 0.5) is 0 Å². The van der Waals surface area contributed by atoms with Crippen LogP contribution >= 0.6 is 0 Å². The van der Waals surface area contributed by atoms with Gasteiger partial charge in [0.15, 0.2) is 0 Å². The summed E-state index contributed by atoms with van der Waals surface area (Å²) in [5.41, 5.74) is 0.293. The van der Waals surface area contributed by atoms with Crippen LogP contribution in [-0.4, -0.2) is 17.9 Å². The van der Waals surface area contributed by atoms with E-state index in [1.807, 2.05) is 0 Å². The Morgan fingerprint density at radius 2 is 1.93 bits per heavy atom. The number of nitrogens with one attached hydrogen (secondary N) is 1. The Morgan fingerprint density at radius 3 is 2.14 bits per heavy atom. The number of hydrogen-bond acceptors (Lipinski definition) is 2. The summed E-state index contributed by atoms with van der Waals surface area (Å²) in [6.45, 7) is 10.7. The molecule has 1 heterocycles. The van der Waals surface area contributed by atoms with Crippen molar-refractivity contribution in [2.75, 3.05) is 6.54 Å². The first-order chi connectivity index (χ1) is 6.56. The monoisotopic (exact) mass is 195 g/mol. The maximum Gasteiger partial charge on any atom is 0.137 e. The first-order valence-corrected chi connectivity index (χ1v) is 5.33. The van der Waals surface area contributed by atoms with E-state index in [0.717, 1.165) is 13.0 Å². The smallest absolute Gasteiger partial charge is 0.137 e. The minimum atomic E-state index is -0.0690. The van der Waals surface area contributed by atoms with Crippen LogP contribution in [0.25, 0.3) is 0 Å². The Labute approximate surface area is 86.8 Å². The molecule has 1 spiro atoms. The fourth-order valence-electron chi connectivity index (χ4n) is 2.46. The summed E-state index contributed by atoms with van der Waals surface area (Å²) >= 11 is 0. The fourth-order valence-corrected chi connectivity index (χ4v) is 2.46. The van der Waals surface area contributed by atoms with Crippen LogP contribution in [0.3, 0.4) is 0 Å². The van der Waals surface area contributed by atoms with Crippen LogP contribution in [-0.2, 0) is 4.79 Å². The Kier molecular flexibility index (Phi) is 3.15. The van der Waals surface area contributed by atoms with Crippen molar-refractivity contribution >= 4 is 5.78 Å². The summed E-state index contributed by atoms with van der Waals surface area (Å²) in [6, 6.07) is 0. The number of Topliss-reactive ketones (excluding diaryl/α,β-unsaturated/α-hetero) is 1. The number of hydrogen-bond donors (Lipinski definition) is 1. The number of carbonyl (C=O) groups is 1. The van der Waals surface area contributed by atoms with Gasteiger partial charge in [0.05, 0.1) is 0 Å². The zero-order valence-electron chi connectivity index (χ0n) is 9.36. The quantitative estimate of drug-likeness (QED) is 0.650. The van der Waals surface area contributed by atoms with Crippen LogP contribution < -0.4 is 5.32 Å². The highest BCUT2D eigenvalue weighted by Gasteiger charge is 2.50. The molecule has 2 aliphatic rings. The Balaban J connectivity index is 0.000000461. The molecule has 80 valence electrons. The van der Waals surface area contributed by atoms with E-state index >= 15 is 0 Å². The van der Waals surface area contributed by atoms with Gasteiger partial charge in [0.25, 0.3) is 0 Å². The fraction of sp³-hybridized carbons (Fsp3) is 0.750. The van der Waals surface area contributed by atoms with E-state index in [-0.39, 0.29) is 5.41 Å². The molecule has 1 saturated heterocycles. The predicted octanol–water partition coefficient (Wildman–Crippen LogP) is 2.30. The molecular weight excluding hydrogens is 174 g/mol. The molecule has 0 radical (unpaired) electrons. The third kappa shape index (κ3) is 1.76. The lowest BCUT2D eigenvalue weighted by Crippen LogP contribution is -2.45. The largest absolute Gasteiger partial charge is 0.310 e. The molecule has 2 nitrogen and oxygen atoms in total. The second-order valence-corrected chi connectivity index (χ2v) is 4.78. The molecule has 1 atom stereocenters. The lowest BCUT2D eigenvalue weighted by Gasteiger charge is -2.39.